The minimum absolute atomic E-state index is 0. The molecule has 0 bridgehead atoms. The van der Waals surface area contributed by atoms with Crippen molar-refractivity contribution in [2.45, 2.75) is 39.0 Å². The smallest absolute Gasteiger partial charge is 0 e. The molecule has 0 nitrogen and oxygen atoms in total. The summed E-state index contributed by atoms with van der Waals surface area (Å²) in [6.45, 7) is 2.19. The average molecular weight is 441 g/mol. The molecule has 1 fully saturated rings. The van der Waals surface area contributed by atoms with Crippen molar-refractivity contribution in [3.05, 3.63) is 82.2 Å². The van der Waals surface area contributed by atoms with Gasteiger partial charge in [-0.15, -0.1) is 0 Å². The molecule has 0 heterocycles. The molecule has 0 unspecified atom stereocenters. The van der Waals surface area contributed by atoms with E-state index in [0.717, 1.165) is 5.92 Å². The first-order chi connectivity index (χ1) is 13.3. The maximum atomic E-state index is 3.69. The molecule has 2 aliphatic rings. The van der Waals surface area contributed by atoms with Crippen molar-refractivity contribution >= 4 is 22.9 Å². The molecule has 0 saturated heterocycles. The first-order valence-corrected chi connectivity index (χ1v) is 10.2. The van der Waals surface area contributed by atoms with Gasteiger partial charge in [-0.2, -0.15) is 0 Å². The van der Waals surface area contributed by atoms with Crippen LogP contribution in [0, 0.1) is 12.8 Å². The van der Waals surface area contributed by atoms with Crippen LogP contribution in [0.15, 0.2) is 66.2 Å². The van der Waals surface area contributed by atoms with Gasteiger partial charge in [0, 0.05) is 26.2 Å². The summed E-state index contributed by atoms with van der Waals surface area (Å²) in [5.74, 6) is 0.730. The van der Waals surface area contributed by atoms with Gasteiger partial charge in [0.05, 0.1) is 0 Å². The molecule has 1 radical (unpaired) electrons. The van der Waals surface area contributed by atoms with Crippen LogP contribution in [0.2, 0.25) is 0 Å². The monoisotopic (exact) mass is 439 g/mol. The molecular weight excluding hydrogens is 416 g/mol. The molecule has 0 aliphatic heterocycles. The van der Waals surface area contributed by atoms with Crippen molar-refractivity contribution in [3.63, 3.8) is 0 Å². The Morgan fingerprint density at radius 3 is 2.54 bits per heavy atom. The molecule has 3 aromatic carbocycles. The Balaban J connectivity index is 0.00000192. The zero-order valence-electron chi connectivity index (χ0n) is 16.5. The quantitative estimate of drug-likeness (QED) is 0.474. The molecule has 0 amide bonds. The van der Waals surface area contributed by atoms with Crippen molar-refractivity contribution in [1.82, 2.24) is 0 Å². The molecule has 137 valence electrons. The van der Waals surface area contributed by atoms with Gasteiger partial charge in [-0.25, -0.2) is 0 Å². The van der Waals surface area contributed by atoms with Crippen LogP contribution < -0.4 is 10.4 Å². The van der Waals surface area contributed by atoms with Crippen LogP contribution >= 0.6 is 0 Å². The third kappa shape index (κ3) is 3.75. The largest absolute Gasteiger partial charge is 0.0735 e. The first kappa shape index (κ1) is 19.6. The van der Waals surface area contributed by atoms with Crippen LogP contribution in [0.1, 0.15) is 37.7 Å². The second-order valence-electron chi connectivity index (χ2n) is 8.09. The SMILES string of the molecule is Cc1cc(-c2cccc3ccccc23)c2c(c1)=[C]C(=CC1CCCCC1)C=2.[Zr]. The fraction of sp³-hybridized carbons (Fsp3) is 0.259. The van der Waals surface area contributed by atoms with E-state index in [1.807, 2.05) is 0 Å². The van der Waals surface area contributed by atoms with Gasteiger partial charge >= 0.3 is 0 Å². The number of rotatable bonds is 2. The molecule has 1 heteroatoms. The standard InChI is InChI=1S/C27H25.Zr/c1-19-14-23-17-21(16-20-8-3-2-4-9-20)18-26(23)27(15-19)25-13-7-11-22-10-5-6-12-24(22)25;/h5-7,10-16,18,20H,2-4,8-9H2,1H3;. The summed E-state index contributed by atoms with van der Waals surface area (Å²) in [6.07, 6.45) is 15.4. The van der Waals surface area contributed by atoms with Gasteiger partial charge in [0.25, 0.3) is 0 Å². The molecule has 1 saturated carbocycles. The molecule has 0 aromatic heterocycles. The van der Waals surface area contributed by atoms with E-state index in [-0.39, 0.29) is 26.2 Å². The topological polar surface area (TPSA) is 0 Å². The fourth-order valence-corrected chi connectivity index (χ4v) is 4.73. The van der Waals surface area contributed by atoms with Crippen LogP contribution in [0.4, 0.5) is 0 Å². The van der Waals surface area contributed by atoms with E-state index in [1.54, 1.807) is 0 Å². The third-order valence-electron chi connectivity index (χ3n) is 6.05. The van der Waals surface area contributed by atoms with Crippen molar-refractivity contribution in [1.29, 1.82) is 0 Å². The van der Waals surface area contributed by atoms with E-state index in [2.05, 4.69) is 79.7 Å². The average Bonchev–Trinajstić information content (AvgIpc) is 3.09. The Hall–Kier alpha value is -1.72. The summed E-state index contributed by atoms with van der Waals surface area (Å²) in [6, 6.07) is 19.9. The zero-order chi connectivity index (χ0) is 18.2. The summed E-state index contributed by atoms with van der Waals surface area (Å²) in [4.78, 5) is 0. The molecule has 28 heavy (non-hydrogen) atoms. The number of allylic oxidation sites excluding steroid dienone is 2. The van der Waals surface area contributed by atoms with Gasteiger partial charge in [-0.1, -0.05) is 79.9 Å². The molecular formula is C27H25Zr. The van der Waals surface area contributed by atoms with E-state index in [9.17, 15) is 0 Å². The van der Waals surface area contributed by atoms with Crippen molar-refractivity contribution < 1.29 is 26.2 Å². The van der Waals surface area contributed by atoms with Gasteiger partial charge in [-0.05, 0) is 81.3 Å². The van der Waals surface area contributed by atoms with Crippen LogP contribution in [-0.2, 0) is 26.2 Å². The van der Waals surface area contributed by atoms with E-state index < -0.39 is 0 Å². The number of benzene rings is 3. The van der Waals surface area contributed by atoms with Crippen LogP contribution in [0.25, 0.3) is 34.1 Å². The number of aryl methyl sites for hydroxylation is 1. The van der Waals surface area contributed by atoms with Gasteiger partial charge in [0.2, 0.25) is 0 Å². The Morgan fingerprint density at radius 2 is 1.68 bits per heavy atom. The summed E-state index contributed by atoms with van der Waals surface area (Å²) in [5, 5.41) is 5.21. The maximum Gasteiger partial charge on any atom is 0 e. The second kappa shape index (κ2) is 8.34. The van der Waals surface area contributed by atoms with Crippen molar-refractivity contribution in [2.75, 3.05) is 0 Å². The van der Waals surface area contributed by atoms with Gasteiger partial charge in [-0.3, -0.25) is 0 Å². The minimum atomic E-state index is 0. The van der Waals surface area contributed by atoms with E-state index in [4.69, 9.17) is 0 Å². The Kier molecular flexibility index (Phi) is 5.84. The van der Waals surface area contributed by atoms with Gasteiger partial charge in [0.15, 0.2) is 0 Å². The van der Waals surface area contributed by atoms with Crippen LogP contribution in [0.5, 0.6) is 0 Å². The summed E-state index contributed by atoms with van der Waals surface area (Å²) < 4.78 is 0. The molecule has 0 atom stereocenters. The van der Waals surface area contributed by atoms with E-state index >= 15 is 0 Å². The molecule has 0 spiro atoms. The molecule has 3 aromatic rings. The second-order valence-corrected chi connectivity index (χ2v) is 8.09. The van der Waals surface area contributed by atoms with Crippen LogP contribution in [0.3, 0.4) is 0 Å². The van der Waals surface area contributed by atoms with Gasteiger partial charge < -0.3 is 0 Å². The zero-order valence-corrected chi connectivity index (χ0v) is 18.9. The molecule has 2 aliphatic carbocycles. The summed E-state index contributed by atoms with van der Waals surface area (Å²) >= 11 is 0. The summed E-state index contributed by atoms with van der Waals surface area (Å²) in [5.41, 5.74) is 5.24. The number of hydrogen-bond acceptors (Lipinski definition) is 0. The Bertz CT molecular complexity index is 1160. The molecule has 5 rings (SSSR count). The normalized spacial score (nSPS) is 17.7. The Labute approximate surface area is 186 Å². The Morgan fingerprint density at radius 1 is 0.893 bits per heavy atom. The predicted molar refractivity (Wildman–Crippen MR) is 116 cm³/mol. The van der Waals surface area contributed by atoms with E-state index in [1.165, 1.54) is 75.6 Å². The predicted octanol–water partition coefficient (Wildman–Crippen LogP) is 5.77. The molecule has 0 N–H and O–H groups in total. The third-order valence-corrected chi connectivity index (χ3v) is 6.05. The van der Waals surface area contributed by atoms with Crippen molar-refractivity contribution in [3.8, 4) is 11.1 Å². The minimum Gasteiger partial charge on any atom is -0.0735 e. The number of fused-ring (bicyclic) bond motifs is 2. The van der Waals surface area contributed by atoms with Gasteiger partial charge in [0.1, 0.15) is 0 Å². The summed E-state index contributed by atoms with van der Waals surface area (Å²) in [7, 11) is 0. The fourth-order valence-electron chi connectivity index (χ4n) is 4.73. The maximum absolute atomic E-state index is 3.69. The number of hydrogen-bond donors (Lipinski definition) is 0. The first-order valence-electron chi connectivity index (χ1n) is 10.2. The van der Waals surface area contributed by atoms with E-state index in [0.29, 0.717) is 0 Å². The van der Waals surface area contributed by atoms with Crippen LogP contribution in [-0.4, -0.2) is 0 Å². The van der Waals surface area contributed by atoms with Crippen molar-refractivity contribution in [2.24, 2.45) is 5.92 Å².